The Morgan fingerprint density at radius 1 is 1.32 bits per heavy atom. The number of rotatable bonds is 4. The summed E-state index contributed by atoms with van der Waals surface area (Å²) in [6, 6.07) is 7.15. The Bertz CT molecular complexity index is 588. The van der Waals surface area contributed by atoms with Gasteiger partial charge in [-0.2, -0.15) is 0 Å². The number of benzene rings is 1. The zero-order valence-electron chi connectivity index (χ0n) is 15.0. The Labute approximate surface area is 141 Å². The third kappa shape index (κ3) is 3.87. The maximum Gasteiger partial charge on any atom is 0.0110 e. The van der Waals surface area contributed by atoms with Gasteiger partial charge in [0.15, 0.2) is 0 Å². The van der Waals surface area contributed by atoms with Crippen molar-refractivity contribution >= 4 is 11.8 Å². The van der Waals surface area contributed by atoms with Crippen LogP contribution < -0.4 is 0 Å². The molecule has 120 valence electrons. The van der Waals surface area contributed by atoms with Crippen LogP contribution in [0.2, 0.25) is 0 Å². The van der Waals surface area contributed by atoms with E-state index in [-0.39, 0.29) is 5.41 Å². The molecule has 1 heteroatoms. The summed E-state index contributed by atoms with van der Waals surface area (Å²) in [6.07, 6.45) is 9.05. The van der Waals surface area contributed by atoms with Gasteiger partial charge in [0.1, 0.15) is 0 Å². The van der Waals surface area contributed by atoms with E-state index in [4.69, 9.17) is 0 Å². The summed E-state index contributed by atoms with van der Waals surface area (Å²) in [5, 5.41) is 0. The van der Waals surface area contributed by atoms with Gasteiger partial charge in [-0.05, 0) is 60.5 Å². The molecule has 2 rings (SSSR count). The first kappa shape index (κ1) is 17.4. The van der Waals surface area contributed by atoms with Crippen molar-refractivity contribution in [3.63, 3.8) is 0 Å². The SMILES string of the molecule is C/C=C(C)/C=C/CC(C)(C)c1ccc2c(c1)C(C)(C)CCS2. The lowest BCUT2D eigenvalue weighted by atomic mass is 9.76. The first-order valence-electron chi connectivity index (χ1n) is 8.33. The fourth-order valence-corrected chi connectivity index (χ4v) is 4.40. The first-order chi connectivity index (χ1) is 10.3. The highest BCUT2D eigenvalue weighted by Crippen LogP contribution is 2.43. The van der Waals surface area contributed by atoms with Crippen LogP contribution >= 0.6 is 11.8 Å². The van der Waals surface area contributed by atoms with Gasteiger partial charge in [-0.3, -0.25) is 0 Å². The molecule has 1 aromatic rings. The van der Waals surface area contributed by atoms with Crippen molar-refractivity contribution in [1.82, 2.24) is 0 Å². The molecule has 22 heavy (non-hydrogen) atoms. The van der Waals surface area contributed by atoms with Crippen molar-refractivity contribution in [2.24, 2.45) is 0 Å². The second kappa shape index (κ2) is 6.66. The van der Waals surface area contributed by atoms with Crippen molar-refractivity contribution in [3.05, 3.63) is 53.1 Å². The standard InChI is InChI=1S/C21H30S/c1-7-16(2)9-8-12-20(3,4)17-10-11-19-18(15-17)21(5,6)13-14-22-19/h7-11,15H,12-14H2,1-6H3/b9-8+,16-7+. The van der Waals surface area contributed by atoms with Gasteiger partial charge in [0, 0.05) is 4.90 Å². The Morgan fingerprint density at radius 2 is 2.05 bits per heavy atom. The van der Waals surface area contributed by atoms with Gasteiger partial charge in [-0.25, -0.2) is 0 Å². The number of fused-ring (bicyclic) bond motifs is 1. The average Bonchev–Trinajstić information content (AvgIpc) is 2.46. The van der Waals surface area contributed by atoms with Crippen LogP contribution in [0, 0.1) is 0 Å². The smallest absolute Gasteiger partial charge is 0.0110 e. The summed E-state index contributed by atoms with van der Waals surface area (Å²) in [5.74, 6) is 1.24. The Morgan fingerprint density at radius 3 is 2.73 bits per heavy atom. The molecule has 0 N–H and O–H groups in total. The van der Waals surface area contributed by atoms with Crippen LogP contribution in [-0.4, -0.2) is 5.75 Å². The van der Waals surface area contributed by atoms with Gasteiger partial charge in [0.05, 0.1) is 0 Å². The third-order valence-electron chi connectivity index (χ3n) is 4.94. The van der Waals surface area contributed by atoms with Crippen molar-refractivity contribution in [2.75, 3.05) is 5.75 Å². The highest BCUT2D eigenvalue weighted by atomic mass is 32.2. The molecule has 0 aliphatic carbocycles. The van der Waals surface area contributed by atoms with Gasteiger partial charge in [-0.1, -0.05) is 63.6 Å². The number of hydrogen-bond acceptors (Lipinski definition) is 1. The van der Waals surface area contributed by atoms with Crippen LogP contribution in [0.25, 0.3) is 0 Å². The molecule has 0 aromatic heterocycles. The molecule has 1 aliphatic heterocycles. The lowest BCUT2D eigenvalue weighted by Crippen LogP contribution is -2.24. The molecule has 0 amide bonds. The molecule has 1 aliphatic rings. The van der Waals surface area contributed by atoms with E-state index in [9.17, 15) is 0 Å². The fraction of sp³-hybridized carbons (Fsp3) is 0.524. The highest BCUT2D eigenvalue weighted by molar-refractivity contribution is 7.99. The Kier molecular flexibility index (Phi) is 5.27. The minimum absolute atomic E-state index is 0.178. The first-order valence-corrected chi connectivity index (χ1v) is 9.32. The molecule has 0 radical (unpaired) electrons. The molecule has 0 bridgehead atoms. The van der Waals surface area contributed by atoms with E-state index < -0.39 is 0 Å². The van der Waals surface area contributed by atoms with Crippen LogP contribution in [0.5, 0.6) is 0 Å². The zero-order chi connectivity index (χ0) is 16.4. The van der Waals surface area contributed by atoms with Crippen LogP contribution in [0.1, 0.15) is 65.5 Å². The van der Waals surface area contributed by atoms with Crippen LogP contribution in [0.4, 0.5) is 0 Å². The van der Waals surface area contributed by atoms with Crippen molar-refractivity contribution in [1.29, 1.82) is 0 Å². The van der Waals surface area contributed by atoms with E-state index in [0.717, 1.165) is 6.42 Å². The maximum atomic E-state index is 2.47. The molecule has 1 aromatic carbocycles. The van der Waals surface area contributed by atoms with Gasteiger partial charge < -0.3 is 0 Å². The maximum absolute atomic E-state index is 2.47. The normalized spacial score (nSPS) is 18.5. The Hall–Kier alpha value is -0.950. The molecule has 0 atom stereocenters. The Balaban J connectivity index is 2.27. The number of allylic oxidation sites excluding steroid dienone is 4. The largest absolute Gasteiger partial charge is 0.126 e. The van der Waals surface area contributed by atoms with Gasteiger partial charge in [0.2, 0.25) is 0 Å². The van der Waals surface area contributed by atoms with Crippen molar-refractivity contribution in [2.45, 2.75) is 70.1 Å². The summed E-state index contributed by atoms with van der Waals surface area (Å²) < 4.78 is 0. The minimum Gasteiger partial charge on any atom is -0.126 e. The molecular formula is C21H30S. The summed E-state index contributed by atoms with van der Waals surface area (Å²) in [5.41, 5.74) is 4.83. The topological polar surface area (TPSA) is 0 Å². The van der Waals surface area contributed by atoms with Gasteiger partial charge in [-0.15, -0.1) is 11.8 Å². The molecule has 0 saturated carbocycles. The molecule has 0 saturated heterocycles. The summed E-state index contributed by atoms with van der Waals surface area (Å²) in [4.78, 5) is 1.48. The average molecular weight is 315 g/mol. The van der Waals surface area contributed by atoms with Gasteiger partial charge >= 0.3 is 0 Å². The predicted octanol–water partition coefficient (Wildman–Crippen LogP) is 6.65. The summed E-state index contributed by atoms with van der Waals surface area (Å²) in [7, 11) is 0. The van der Waals surface area contributed by atoms with Crippen LogP contribution in [0.3, 0.4) is 0 Å². The third-order valence-corrected chi connectivity index (χ3v) is 6.01. The van der Waals surface area contributed by atoms with E-state index in [2.05, 4.69) is 78.0 Å². The van der Waals surface area contributed by atoms with E-state index >= 15 is 0 Å². The van der Waals surface area contributed by atoms with E-state index in [1.54, 1.807) is 5.56 Å². The highest BCUT2D eigenvalue weighted by Gasteiger charge is 2.30. The molecular weight excluding hydrogens is 284 g/mol. The minimum atomic E-state index is 0.178. The van der Waals surface area contributed by atoms with Crippen LogP contribution in [-0.2, 0) is 10.8 Å². The molecule has 0 nitrogen and oxygen atoms in total. The summed E-state index contributed by atoms with van der Waals surface area (Å²) in [6.45, 7) is 13.7. The van der Waals surface area contributed by atoms with Crippen molar-refractivity contribution < 1.29 is 0 Å². The van der Waals surface area contributed by atoms with E-state index in [1.807, 2.05) is 11.8 Å². The second-order valence-corrected chi connectivity index (χ2v) is 8.85. The second-order valence-electron chi connectivity index (χ2n) is 7.72. The van der Waals surface area contributed by atoms with Crippen LogP contribution in [0.15, 0.2) is 46.9 Å². The molecule has 0 spiro atoms. The lowest BCUT2D eigenvalue weighted by molar-refractivity contribution is 0.485. The number of thioether (sulfide) groups is 1. The molecule has 1 heterocycles. The quantitative estimate of drug-likeness (QED) is 0.561. The lowest BCUT2D eigenvalue weighted by Gasteiger charge is -2.34. The predicted molar refractivity (Wildman–Crippen MR) is 101 cm³/mol. The number of hydrogen-bond donors (Lipinski definition) is 0. The van der Waals surface area contributed by atoms with E-state index in [0.29, 0.717) is 5.41 Å². The van der Waals surface area contributed by atoms with E-state index in [1.165, 1.54) is 28.2 Å². The molecule has 0 fully saturated rings. The summed E-state index contributed by atoms with van der Waals surface area (Å²) >= 11 is 2.01. The van der Waals surface area contributed by atoms with Gasteiger partial charge in [0.25, 0.3) is 0 Å². The monoisotopic (exact) mass is 314 g/mol. The van der Waals surface area contributed by atoms with Crippen molar-refractivity contribution in [3.8, 4) is 0 Å². The zero-order valence-corrected chi connectivity index (χ0v) is 15.8. The fourth-order valence-electron chi connectivity index (χ4n) is 2.91. The molecule has 0 unspecified atom stereocenters.